The van der Waals surface area contributed by atoms with Crippen LogP contribution >= 0.6 is 0 Å². The van der Waals surface area contributed by atoms with E-state index in [1.54, 1.807) is 6.92 Å². The van der Waals surface area contributed by atoms with Gasteiger partial charge in [0.1, 0.15) is 5.76 Å². The van der Waals surface area contributed by atoms with Crippen LogP contribution in [0, 0.1) is 11.3 Å². The van der Waals surface area contributed by atoms with Crippen molar-refractivity contribution in [3.63, 3.8) is 0 Å². The molecule has 1 N–H and O–H groups in total. The summed E-state index contributed by atoms with van der Waals surface area (Å²) in [6, 6.07) is 0. The Hall–Kier alpha value is -1.00. The summed E-state index contributed by atoms with van der Waals surface area (Å²) in [6.07, 6.45) is -3.18. The lowest BCUT2D eigenvalue weighted by molar-refractivity contribution is -0.156. The van der Waals surface area contributed by atoms with Crippen molar-refractivity contribution in [2.75, 3.05) is 0 Å². The molecule has 19 heavy (non-hydrogen) atoms. The molecule has 0 bridgehead atoms. The first-order valence-corrected chi connectivity index (χ1v) is 6.61. The fourth-order valence-electron chi connectivity index (χ4n) is 1.96. The number of halogens is 3. The molecule has 0 aliphatic carbocycles. The maximum Gasteiger partial charge on any atom is 0.390 e. The van der Waals surface area contributed by atoms with Gasteiger partial charge in [-0.3, -0.25) is 4.79 Å². The Kier molecular flexibility index (Phi) is 6.60. The molecular formula is C14H23F3O2. The van der Waals surface area contributed by atoms with Gasteiger partial charge < -0.3 is 5.11 Å². The number of aliphatic hydroxyl groups excluding tert-OH is 1. The summed E-state index contributed by atoms with van der Waals surface area (Å²) < 4.78 is 37.5. The highest BCUT2D eigenvalue weighted by molar-refractivity contribution is 5.92. The van der Waals surface area contributed by atoms with Gasteiger partial charge in [-0.25, -0.2) is 0 Å². The van der Waals surface area contributed by atoms with Crippen molar-refractivity contribution in [2.45, 2.75) is 59.6 Å². The van der Waals surface area contributed by atoms with Crippen molar-refractivity contribution >= 4 is 5.78 Å². The molecule has 0 spiro atoms. The van der Waals surface area contributed by atoms with Crippen LogP contribution in [0.1, 0.15) is 53.4 Å². The summed E-state index contributed by atoms with van der Waals surface area (Å²) in [4.78, 5) is 11.8. The van der Waals surface area contributed by atoms with Gasteiger partial charge in [0.25, 0.3) is 0 Å². The fourth-order valence-corrected chi connectivity index (χ4v) is 1.96. The number of hydrogen-bond donors (Lipinski definition) is 1. The zero-order valence-corrected chi connectivity index (χ0v) is 12.0. The van der Waals surface area contributed by atoms with Crippen LogP contribution in [-0.2, 0) is 4.79 Å². The predicted octanol–water partition coefficient (Wildman–Crippen LogP) is 4.80. The van der Waals surface area contributed by atoms with Gasteiger partial charge in [-0.1, -0.05) is 27.7 Å². The number of hydrogen-bond acceptors (Lipinski definition) is 2. The van der Waals surface area contributed by atoms with E-state index in [4.69, 9.17) is 0 Å². The average Bonchev–Trinajstić information content (AvgIpc) is 2.28. The van der Waals surface area contributed by atoms with Gasteiger partial charge in [0.2, 0.25) is 0 Å². The SMILES string of the molecule is CCC(CC)C(=O)/C=C(\O)C(C)(CC)CC(F)(F)F. The maximum atomic E-state index is 12.5. The molecule has 0 aliphatic heterocycles. The monoisotopic (exact) mass is 280 g/mol. The minimum absolute atomic E-state index is 0.116. The highest BCUT2D eigenvalue weighted by atomic mass is 19.4. The Morgan fingerprint density at radius 1 is 1.21 bits per heavy atom. The number of allylic oxidation sites excluding steroid dienone is 2. The topological polar surface area (TPSA) is 37.3 Å². The first-order chi connectivity index (χ1) is 8.59. The largest absolute Gasteiger partial charge is 0.512 e. The number of aliphatic hydroxyl groups is 1. The summed E-state index contributed by atoms with van der Waals surface area (Å²) in [6.45, 7) is 6.57. The van der Waals surface area contributed by atoms with E-state index in [0.29, 0.717) is 12.8 Å². The van der Waals surface area contributed by atoms with E-state index in [-0.39, 0.29) is 18.1 Å². The van der Waals surface area contributed by atoms with E-state index in [9.17, 15) is 23.1 Å². The molecule has 112 valence electrons. The van der Waals surface area contributed by atoms with Crippen molar-refractivity contribution < 1.29 is 23.1 Å². The smallest absolute Gasteiger partial charge is 0.390 e. The maximum absolute atomic E-state index is 12.5. The van der Waals surface area contributed by atoms with Gasteiger partial charge in [0.05, 0.1) is 6.42 Å². The molecular weight excluding hydrogens is 257 g/mol. The van der Waals surface area contributed by atoms with Gasteiger partial charge in [0, 0.05) is 17.4 Å². The molecule has 0 aromatic carbocycles. The van der Waals surface area contributed by atoms with Crippen LogP contribution in [-0.4, -0.2) is 17.1 Å². The molecule has 0 saturated carbocycles. The third-order valence-electron chi connectivity index (χ3n) is 3.66. The van der Waals surface area contributed by atoms with Gasteiger partial charge in [-0.15, -0.1) is 0 Å². The molecule has 0 amide bonds. The zero-order valence-electron chi connectivity index (χ0n) is 12.0. The third-order valence-corrected chi connectivity index (χ3v) is 3.66. The molecule has 0 fully saturated rings. The van der Waals surface area contributed by atoms with E-state index in [1.807, 2.05) is 13.8 Å². The number of ketones is 1. The van der Waals surface area contributed by atoms with Crippen molar-refractivity contribution in [1.82, 2.24) is 0 Å². The second kappa shape index (κ2) is 6.96. The van der Waals surface area contributed by atoms with E-state index >= 15 is 0 Å². The second-order valence-corrected chi connectivity index (χ2v) is 5.15. The highest BCUT2D eigenvalue weighted by Gasteiger charge is 2.41. The Bertz CT molecular complexity index is 330. The minimum atomic E-state index is -4.37. The van der Waals surface area contributed by atoms with Crippen LogP contribution < -0.4 is 0 Å². The molecule has 1 unspecified atom stereocenters. The predicted molar refractivity (Wildman–Crippen MR) is 68.9 cm³/mol. The quantitative estimate of drug-likeness (QED) is 0.537. The fraction of sp³-hybridized carbons (Fsp3) is 0.786. The zero-order chi connectivity index (χ0) is 15.3. The van der Waals surface area contributed by atoms with E-state index < -0.39 is 23.8 Å². The lowest BCUT2D eigenvalue weighted by Gasteiger charge is -2.28. The number of carbonyl (C=O) groups is 1. The van der Waals surface area contributed by atoms with Crippen LogP contribution in [0.5, 0.6) is 0 Å². The van der Waals surface area contributed by atoms with Crippen molar-refractivity contribution in [2.24, 2.45) is 11.3 Å². The average molecular weight is 280 g/mol. The molecule has 5 heteroatoms. The Morgan fingerprint density at radius 3 is 2.00 bits per heavy atom. The van der Waals surface area contributed by atoms with Gasteiger partial charge in [0.15, 0.2) is 5.78 Å². The molecule has 0 saturated heterocycles. The molecule has 1 atom stereocenters. The van der Waals surface area contributed by atoms with E-state index in [0.717, 1.165) is 6.08 Å². The van der Waals surface area contributed by atoms with Gasteiger partial charge in [-0.05, 0) is 19.3 Å². The molecule has 0 radical (unpaired) electrons. The third kappa shape index (κ3) is 5.66. The lowest BCUT2D eigenvalue weighted by atomic mass is 9.80. The van der Waals surface area contributed by atoms with Crippen LogP contribution in [0.15, 0.2) is 11.8 Å². The first kappa shape index (κ1) is 18.0. The van der Waals surface area contributed by atoms with Crippen LogP contribution in [0.2, 0.25) is 0 Å². The van der Waals surface area contributed by atoms with Crippen molar-refractivity contribution in [3.8, 4) is 0 Å². The molecule has 2 nitrogen and oxygen atoms in total. The number of rotatable bonds is 7. The van der Waals surface area contributed by atoms with Crippen molar-refractivity contribution in [3.05, 3.63) is 11.8 Å². The second-order valence-electron chi connectivity index (χ2n) is 5.15. The first-order valence-electron chi connectivity index (χ1n) is 6.61. The Morgan fingerprint density at radius 2 is 1.68 bits per heavy atom. The minimum Gasteiger partial charge on any atom is -0.512 e. The number of carbonyl (C=O) groups excluding carboxylic acids is 1. The van der Waals surface area contributed by atoms with Crippen LogP contribution in [0.25, 0.3) is 0 Å². The summed E-state index contributed by atoms with van der Waals surface area (Å²) in [7, 11) is 0. The molecule has 0 aromatic heterocycles. The van der Waals surface area contributed by atoms with E-state index in [1.165, 1.54) is 6.92 Å². The molecule has 0 rings (SSSR count). The molecule has 0 aromatic rings. The molecule has 0 heterocycles. The standard InChI is InChI=1S/C14H23F3O2/c1-5-10(6-2)11(18)8-12(19)13(4,7-3)9-14(15,16)17/h8,10,19H,5-7,9H2,1-4H3/b12-8-. The summed E-state index contributed by atoms with van der Waals surface area (Å²) in [5, 5.41) is 9.88. The van der Waals surface area contributed by atoms with Gasteiger partial charge in [-0.2, -0.15) is 13.2 Å². The van der Waals surface area contributed by atoms with E-state index in [2.05, 4.69) is 0 Å². The summed E-state index contributed by atoms with van der Waals surface area (Å²) >= 11 is 0. The van der Waals surface area contributed by atoms with Gasteiger partial charge >= 0.3 is 6.18 Å². The number of alkyl halides is 3. The normalized spacial score (nSPS) is 16.5. The summed E-state index contributed by atoms with van der Waals surface area (Å²) in [5.41, 5.74) is -1.43. The Labute approximate surface area is 112 Å². The van der Waals surface area contributed by atoms with Crippen molar-refractivity contribution in [1.29, 1.82) is 0 Å². The summed E-state index contributed by atoms with van der Waals surface area (Å²) in [5.74, 6) is -1.01. The lowest BCUT2D eigenvalue weighted by Crippen LogP contribution is -2.27. The molecule has 0 aliphatic rings. The van der Waals surface area contributed by atoms with Crippen LogP contribution in [0.4, 0.5) is 13.2 Å². The van der Waals surface area contributed by atoms with Crippen LogP contribution in [0.3, 0.4) is 0 Å². The Balaban J connectivity index is 5.12. The highest BCUT2D eigenvalue weighted by Crippen LogP contribution is 2.40.